The summed E-state index contributed by atoms with van der Waals surface area (Å²) in [6.45, 7) is 4.84. The van der Waals surface area contributed by atoms with E-state index in [2.05, 4.69) is 28.4 Å². The van der Waals surface area contributed by atoms with E-state index >= 15 is 0 Å². The van der Waals surface area contributed by atoms with Crippen LogP contribution in [0.3, 0.4) is 0 Å². The molecule has 0 unspecified atom stereocenters. The van der Waals surface area contributed by atoms with Crippen molar-refractivity contribution in [3.05, 3.63) is 63.7 Å². The van der Waals surface area contributed by atoms with Crippen LogP contribution in [0.2, 0.25) is 0 Å². The number of hydrogen-bond donors (Lipinski definition) is 1. The van der Waals surface area contributed by atoms with E-state index in [1.54, 1.807) is 6.07 Å². The van der Waals surface area contributed by atoms with Crippen LogP contribution in [-0.4, -0.2) is 42.4 Å². The summed E-state index contributed by atoms with van der Waals surface area (Å²) in [5.41, 5.74) is 3.69. The zero-order valence-corrected chi connectivity index (χ0v) is 17.1. The zero-order chi connectivity index (χ0) is 20.8. The minimum atomic E-state index is -0.460. The molecule has 1 saturated heterocycles. The molecule has 0 spiro atoms. The summed E-state index contributed by atoms with van der Waals surface area (Å²) in [7, 11) is 1.91. The molecule has 0 atom stereocenters. The van der Waals surface area contributed by atoms with Gasteiger partial charge in [-0.15, -0.1) is 0 Å². The molecular formula is C22H28N4O3. The molecule has 0 aliphatic carbocycles. The molecule has 154 valence electrons. The number of nitrogens with zero attached hydrogens (tertiary/aromatic N) is 3. The standard InChI is InChI=1S/C22H28N4O3/c1-17-10-11-19(26(28)29)14-20(17)23-22(27)16-24(2)15-18-8-4-5-9-21(18)25-12-6-3-7-13-25/h4-5,8-11,14H,3,6-7,12-13,15-16H2,1-2H3,(H,23,27). The molecule has 1 N–H and O–H groups in total. The molecule has 0 saturated carbocycles. The second kappa shape index (κ2) is 9.52. The molecule has 1 heterocycles. The van der Waals surface area contributed by atoms with Crippen molar-refractivity contribution in [2.75, 3.05) is 36.9 Å². The first kappa shape index (κ1) is 20.8. The number of benzene rings is 2. The third-order valence-electron chi connectivity index (χ3n) is 5.25. The molecule has 2 aromatic carbocycles. The lowest BCUT2D eigenvalue weighted by Gasteiger charge is -2.31. The van der Waals surface area contributed by atoms with Crippen molar-refractivity contribution in [1.29, 1.82) is 0 Å². The SMILES string of the molecule is Cc1ccc([N+](=O)[O-])cc1NC(=O)CN(C)Cc1ccccc1N1CCCCC1. The normalized spacial score (nSPS) is 14.1. The Labute approximate surface area is 171 Å². The molecule has 7 heteroatoms. The summed E-state index contributed by atoms with van der Waals surface area (Å²) in [5.74, 6) is -0.188. The summed E-state index contributed by atoms with van der Waals surface area (Å²) in [6, 6.07) is 12.8. The van der Waals surface area contributed by atoms with E-state index in [0.29, 0.717) is 12.2 Å². The number of para-hydroxylation sites is 1. The fourth-order valence-electron chi connectivity index (χ4n) is 3.73. The van der Waals surface area contributed by atoms with E-state index < -0.39 is 4.92 Å². The molecular weight excluding hydrogens is 368 g/mol. The van der Waals surface area contributed by atoms with Gasteiger partial charge in [-0.1, -0.05) is 24.3 Å². The molecule has 0 bridgehead atoms. The van der Waals surface area contributed by atoms with Crippen LogP contribution in [0.1, 0.15) is 30.4 Å². The van der Waals surface area contributed by atoms with Gasteiger partial charge in [0.05, 0.1) is 17.2 Å². The van der Waals surface area contributed by atoms with Crippen LogP contribution in [0.4, 0.5) is 17.1 Å². The number of amides is 1. The Morgan fingerprint density at radius 3 is 2.62 bits per heavy atom. The van der Waals surface area contributed by atoms with Gasteiger partial charge in [-0.25, -0.2) is 0 Å². The third-order valence-corrected chi connectivity index (χ3v) is 5.25. The van der Waals surface area contributed by atoms with Crippen molar-refractivity contribution in [3.8, 4) is 0 Å². The summed E-state index contributed by atoms with van der Waals surface area (Å²) in [6.07, 6.45) is 3.72. The van der Waals surface area contributed by atoms with Crippen molar-refractivity contribution in [2.24, 2.45) is 0 Å². The van der Waals surface area contributed by atoms with Gasteiger partial charge in [0, 0.05) is 37.5 Å². The number of carbonyl (C=O) groups is 1. The lowest BCUT2D eigenvalue weighted by atomic mass is 10.1. The van der Waals surface area contributed by atoms with Crippen molar-refractivity contribution < 1.29 is 9.72 Å². The summed E-state index contributed by atoms with van der Waals surface area (Å²) >= 11 is 0. The number of piperidine rings is 1. The number of nitro benzene ring substituents is 1. The van der Waals surface area contributed by atoms with Crippen molar-refractivity contribution in [1.82, 2.24) is 4.90 Å². The van der Waals surface area contributed by atoms with Gasteiger partial charge in [0.25, 0.3) is 5.69 Å². The molecule has 1 amide bonds. The lowest BCUT2D eigenvalue weighted by molar-refractivity contribution is -0.384. The molecule has 2 aromatic rings. The molecule has 0 radical (unpaired) electrons. The Morgan fingerprint density at radius 1 is 1.17 bits per heavy atom. The van der Waals surface area contributed by atoms with Crippen LogP contribution in [0, 0.1) is 17.0 Å². The van der Waals surface area contributed by atoms with Gasteiger partial charge >= 0.3 is 0 Å². The molecule has 0 aromatic heterocycles. The van der Waals surface area contributed by atoms with E-state index in [9.17, 15) is 14.9 Å². The Kier molecular flexibility index (Phi) is 6.82. The highest BCUT2D eigenvalue weighted by molar-refractivity contribution is 5.93. The fourth-order valence-corrected chi connectivity index (χ4v) is 3.73. The minimum absolute atomic E-state index is 0.0327. The number of aryl methyl sites for hydroxylation is 1. The number of anilines is 2. The molecule has 1 aliphatic rings. The Hall–Kier alpha value is -2.93. The maximum absolute atomic E-state index is 12.5. The van der Waals surface area contributed by atoms with E-state index in [1.165, 1.54) is 42.6 Å². The summed E-state index contributed by atoms with van der Waals surface area (Å²) < 4.78 is 0. The van der Waals surface area contributed by atoms with E-state index in [-0.39, 0.29) is 18.1 Å². The van der Waals surface area contributed by atoms with E-state index in [4.69, 9.17) is 0 Å². The minimum Gasteiger partial charge on any atom is -0.371 e. The van der Waals surface area contributed by atoms with Gasteiger partial charge in [0.1, 0.15) is 0 Å². The van der Waals surface area contributed by atoms with Crippen LogP contribution >= 0.6 is 0 Å². The maximum atomic E-state index is 12.5. The quantitative estimate of drug-likeness (QED) is 0.566. The Balaban J connectivity index is 1.63. The van der Waals surface area contributed by atoms with Crippen LogP contribution < -0.4 is 10.2 Å². The predicted molar refractivity (Wildman–Crippen MR) is 115 cm³/mol. The smallest absolute Gasteiger partial charge is 0.271 e. The lowest BCUT2D eigenvalue weighted by Crippen LogP contribution is -2.33. The van der Waals surface area contributed by atoms with Crippen molar-refractivity contribution in [3.63, 3.8) is 0 Å². The summed E-state index contributed by atoms with van der Waals surface area (Å²) in [4.78, 5) is 27.4. The van der Waals surface area contributed by atoms with Gasteiger partial charge in [0.2, 0.25) is 5.91 Å². The van der Waals surface area contributed by atoms with Crippen LogP contribution in [0.15, 0.2) is 42.5 Å². The molecule has 1 aliphatic heterocycles. The zero-order valence-electron chi connectivity index (χ0n) is 17.1. The van der Waals surface area contributed by atoms with Crippen molar-refractivity contribution >= 4 is 23.0 Å². The number of likely N-dealkylation sites (N-methyl/N-ethyl adjacent to an activating group) is 1. The number of carbonyl (C=O) groups excluding carboxylic acids is 1. The second-order valence-electron chi connectivity index (χ2n) is 7.65. The number of rotatable bonds is 7. The summed E-state index contributed by atoms with van der Waals surface area (Å²) in [5, 5.41) is 13.8. The van der Waals surface area contributed by atoms with Gasteiger partial charge < -0.3 is 10.2 Å². The highest BCUT2D eigenvalue weighted by Gasteiger charge is 2.17. The molecule has 29 heavy (non-hydrogen) atoms. The first-order valence-electron chi connectivity index (χ1n) is 10.0. The average Bonchev–Trinajstić information content (AvgIpc) is 2.70. The highest BCUT2D eigenvalue weighted by Crippen LogP contribution is 2.25. The number of nitrogens with one attached hydrogen (secondary N) is 1. The number of non-ortho nitro benzene ring substituents is 1. The Morgan fingerprint density at radius 2 is 1.90 bits per heavy atom. The largest absolute Gasteiger partial charge is 0.371 e. The number of hydrogen-bond acceptors (Lipinski definition) is 5. The van der Waals surface area contributed by atoms with Crippen molar-refractivity contribution in [2.45, 2.75) is 32.7 Å². The van der Waals surface area contributed by atoms with Crippen LogP contribution in [0.5, 0.6) is 0 Å². The molecule has 3 rings (SSSR count). The van der Waals surface area contributed by atoms with Gasteiger partial charge in [0.15, 0.2) is 0 Å². The topological polar surface area (TPSA) is 78.7 Å². The third kappa shape index (κ3) is 5.54. The van der Waals surface area contributed by atoms with E-state index in [1.807, 2.05) is 24.9 Å². The number of nitro groups is 1. The highest BCUT2D eigenvalue weighted by atomic mass is 16.6. The molecule has 1 fully saturated rings. The Bertz CT molecular complexity index is 878. The molecule has 7 nitrogen and oxygen atoms in total. The van der Waals surface area contributed by atoms with Crippen LogP contribution in [0.25, 0.3) is 0 Å². The fraction of sp³-hybridized carbons (Fsp3) is 0.409. The van der Waals surface area contributed by atoms with Gasteiger partial charge in [-0.05, 0) is 50.4 Å². The second-order valence-corrected chi connectivity index (χ2v) is 7.65. The predicted octanol–water partition coefficient (Wildman–Crippen LogP) is 3.96. The first-order valence-corrected chi connectivity index (χ1v) is 10.0. The van der Waals surface area contributed by atoms with Crippen LogP contribution in [-0.2, 0) is 11.3 Å². The van der Waals surface area contributed by atoms with Gasteiger partial charge in [-0.2, -0.15) is 0 Å². The van der Waals surface area contributed by atoms with E-state index in [0.717, 1.165) is 18.7 Å². The first-order chi connectivity index (χ1) is 13.9. The average molecular weight is 396 g/mol. The van der Waals surface area contributed by atoms with Gasteiger partial charge in [-0.3, -0.25) is 19.8 Å². The maximum Gasteiger partial charge on any atom is 0.271 e. The monoisotopic (exact) mass is 396 g/mol.